The molecule has 1 rings (SSSR count). The van der Waals surface area contributed by atoms with Crippen LogP contribution in [0.3, 0.4) is 0 Å². The minimum absolute atomic E-state index is 0.0291. The van der Waals surface area contributed by atoms with E-state index in [9.17, 15) is 9.59 Å². The zero-order valence-electron chi connectivity index (χ0n) is 8.32. The van der Waals surface area contributed by atoms with Crippen LogP contribution in [0, 0.1) is 5.92 Å². The topological polar surface area (TPSA) is 69.6 Å². The van der Waals surface area contributed by atoms with Crippen molar-refractivity contribution in [3.8, 4) is 0 Å². The largest absolute Gasteiger partial charge is 0.481 e. The smallest absolute Gasteiger partial charge is 0.307 e. The van der Waals surface area contributed by atoms with E-state index in [-0.39, 0.29) is 11.8 Å². The van der Waals surface area contributed by atoms with E-state index in [1.165, 1.54) is 0 Å². The number of nitrogens with one attached hydrogen (secondary N) is 1. The maximum Gasteiger partial charge on any atom is 0.307 e. The van der Waals surface area contributed by atoms with Crippen LogP contribution < -0.4 is 5.32 Å². The molecular weight excluding hydrogens is 184 g/mol. The highest BCUT2D eigenvalue weighted by atomic mass is 16.4. The van der Waals surface area contributed by atoms with Crippen LogP contribution in [0.2, 0.25) is 0 Å². The van der Waals surface area contributed by atoms with Crippen LogP contribution in [-0.4, -0.2) is 48.1 Å². The lowest BCUT2D eigenvalue weighted by atomic mass is 10.1. The third-order valence-electron chi connectivity index (χ3n) is 2.36. The molecule has 0 spiro atoms. The first kappa shape index (κ1) is 11.0. The summed E-state index contributed by atoms with van der Waals surface area (Å²) in [7, 11) is 0. The predicted molar refractivity (Wildman–Crippen MR) is 50.9 cm³/mol. The Kier molecular flexibility index (Phi) is 3.88. The summed E-state index contributed by atoms with van der Waals surface area (Å²) in [6.07, 6.45) is 0.648. The fourth-order valence-corrected chi connectivity index (χ4v) is 1.63. The van der Waals surface area contributed by atoms with Gasteiger partial charge in [-0.2, -0.15) is 0 Å². The van der Waals surface area contributed by atoms with Crippen LogP contribution in [0.5, 0.6) is 0 Å². The van der Waals surface area contributed by atoms with Crippen LogP contribution in [0.1, 0.15) is 13.3 Å². The lowest BCUT2D eigenvalue weighted by Crippen LogP contribution is -2.36. The Hall–Kier alpha value is -1.10. The molecule has 80 valence electrons. The summed E-state index contributed by atoms with van der Waals surface area (Å²) in [5, 5.41) is 11.4. The van der Waals surface area contributed by atoms with E-state index in [0.29, 0.717) is 32.6 Å². The highest BCUT2D eigenvalue weighted by Crippen LogP contribution is 2.15. The van der Waals surface area contributed by atoms with Crippen molar-refractivity contribution in [3.05, 3.63) is 0 Å². The number of aliphatic carboxylic acids is 1. The van der Waals surface area contributed by atoms with E-state index in [4.69, 9.17) is 5.11 Å². The number of likely N-dealkylation sites (tertiary alicyclic amines) is 1. The molecular formula is C9H16N2O3. The van der Waals surface area contributed by atoms with Crippen LogP contribution in [-0.2, 0) is 9.59 Å². The average molecular weight is 200 g/mol. The summed E-state index contributed by atoms with van der Waals surface area (Å²) < 4.78 is 0. The van der Waals surface area contributed by atoms with Gasteiger partial charge >= 0.3 is 5.97 Å². The first-order valence-electron chi connectivity index (χ1n) is 4.85. The number of amides is 1. The average Bonchev–Trinajstić information content (AvgIpc) is 2.53. The summed E-state index contributed by atoms with van der Waals surface area (Å²) in [6, 6.07) is 0. The molecule has 1 fully saturated rings. The maximum absolute atomic E-state index is 11.2. The highest BCUT2D eigenvalue weighted by molar-refractivity contribution is 5.78. The molecule has 0 aromatic heterocycles. The minimum atomic E-state index is -0.761. The second kappa shape index (κ2) is 4.95. The van der Waals surface area contributed by atoms with Gasteiger partial charge in [-0.15, -0.1) is 0 Å². The van der Waals surface area contributed by atoms with Crippen molar-refractivity contribution in [3.63, 3.8) is 0 Å². The van der Waals surface area contributed by atoms with Gasteiger partial charge in [0, 0.05) is 13.1 Å². The van der Waals surface area contributed by atoms with Crippen molar-refractivity contribution in [2.24, 2.45) is 5.92 Å². The van der Waals surface area contributed by atoms with Gasteiger partial charge in [-0.05, 0) is 19.9 Å². The number of nitrogens with zero attached hydrogens (tertiary/aromatic N) is 1. The van der Waals surface area contributed by atoms with Crippen LogP contribution in [0.25, 0.3) is 0 Å². The third-order valence-corrected chi connectivity index (χ3v) is 2.36. The van der Waals surface area contributed by atoms with Gasteiger partial charge in [-0.25, -0.2) is 0 Å². The van der Waals surface area contributed by atoms with Crippen LogP contribution in [0.15, 0.2) is 0 Å². The molecule has 5 heteroatoms. The SMILES string of the molecule is CCNC(=O)CN1CC[C@H](C(=O)O)C1. The molecule has 0 aliphatic carbocycles. The van der Waals surface area contributed by atoms with Crippen molar-refractivity contribution >= 4 is 11.9 Å². The van der Waals surface area contributed by atoms with Gasteiger partial charge < -0.3 is 10.4 Å². The van der Waals surface area contributed by atoms with Gasteiger partial charge in [0.05, 0.1) is 12.5 Å². The fourth-order valence-electron chi connectivity index (χ4n) is 1.63. The van der Waals surface area contributed by atoms with E-state index in [0.717, 1.165) is 0 Å². The van der Waals surface area contributed by atoms with Gasteiger partial charge in [0.2, 0.25) is 5.91 Å². The van der Waals surface area contributed by atoms with Gasteiger partial charge in [0.15, 0.2) is 0 Å². The van der Waals surface area contributed by atoms with Gasteiger partial charge in [0.25, 0.3) is 0 Å². The first-order valence-corrected chi connectivity index (χ1v) is 4.85. The Morgan fingerprint density at radius 3 is 2.79 bits per heavy atom. The molecule has 5 nitrogen and oxygen atoms in total. The molecule has 0 radical (unpaired) electrons. The monoisotopic (exact) mass is 200 g/mol. The lowest BCUT2D eigenvalue weighted by Gasteiger charge is -2.13. The molecule has 2 N–H and O–H groups in total. The van der Waals surface area contributed by atoms with E-state index in [2.05, 4.69) is 5.32 Å². The Morgan fingerprint density at radius 2 is 2.29 bits per heavy atom. The predicted octanol–water partition coefficient (Wildman–Crippen LogP) is -0.471. The van der Waals surface area contributed by atoms with E-state index in [1.54, 1.807) is 0 Å². The van der Waals surface area contributed by atoms with Crippen molar-refractivity contribution in [2.45, 2.75) is 13.3 Å². The Bertz CT molecular complexity index is 230. The standard InChI is InChI=1S/C9H16N2O3/c1-2-10-8(12)6-11-4-3-7(5-11)9(13)14/h7H,2-6H2,1H3,(H,10,12)(H,13,14)/t7-/m0/s1. The van der Waals surface area contributed by atoms with Crippen LogP contribution in [0.4, 0.5) is 0 Å². The zero-order valence-corrected chi connectivity index (χ0v) is 8.32. The minimum Gasteiger partial charge on any atom is -0.481 e. The van der Waals surface area contributed by atoms with E-state index < -0.39 is 5.97 Å². The number of rotatable bonds is 4. The Labute approximate surface area is 83.1 Å². The number of likely N-dealkylation sites (N-methyl/N-ethyl adjacent to an activating group) is 1. The molecule has 1 atom stereocenters. The van der Waals surface area contributed by atoms with Crippen LogP contribution >= 0.6 is 0 Å². The summed E-state index contributed by atoms with van der Waals surface area (Å²) in [5.41, 5.74) is 0. The Balaban J connectivity index is 2.28. The lowest BCUT2D eigenvalue weighted by molar-refractivity contribution is -0.141. The number of carboxylic acids is 1. The van der Waals surface area contributed by atoms with Crippen molar-refractivity contribution in [2.75, 3.05) is 26.2 Å². The molecule has 0 aromatic carbocycles. The Morgan fingerprint density at radius 1 is 1.57 bits per heavy atom. The number of carbonyl (C=O) groups excluding carboxylic acids is 1. The van der Waals surface area contributed by atoms with E-state index >= 15 is 0 Å². The molecule has 1 aliphatic rings. The number of hydrogen-bond donors (Lipinski definition) is 2. The van der Waals surface area contributed by atoms with Gasteiger partial charge in [0.1, 0.15) is 0 Å². The molecule has 0 bridgehead atoms. The molecule has 0 saturated carbocycles. The second-order valence-corrected chi connectivity index (χ2v) is 3.51. The molecule has 0 aromatic rings. The number of hydrogen-bond acceptors (Lipinski definition) is 3. The third kappa shape index (κ3) is 2.99. The summed E-state index contributed by atoms with van der Waals surface area (Å²) in [6.45, 7) is 4.00. The van der Waals surface area contributed by atoms with E-state index in [1.807, 2.05) is 11.8 Å². The second-order valence-electron chi connectivity index (χ2n) is 3.51. The first-order chi connectivity index (χ1) is 6.63. The van der Waals surface area contributed by atoms with Gasteiger partial charge in [-0.3, -0.25) is 14.5 Å². The molecule has 0 unspecified atom stereocenters. The van der Waals surface area contributed by atoms with Crippen molar-refractivity contribution < 1.29 is 14.7 Å². The normalized spacial score (nSPS) is 22.2. The molecule has 1 amide bonds. The molecule has 1 saturated heterocycles. The molecule has 1 heterocycles. The zero-order chi connectivity index (χ0) is 10.6. The number of carbonyl (C=O) groups is 2. The summed E-state index contributed by atoms with van der Waals surface area (Å²) >= 11 is 0. The summed E-state index contributed by atoms with van der Waals surface area (Å²) in [4.78, 5) is 23.7. The maximum atomic E-state index is 11.2. The molecule has 1 aliphatic heterocycles. The number of carboxylic acid groups (broad SMARTS) is 1. The highest BCUT2D eigenvalue weighted by Gasteiger charge is 2.28. The van der Waals surface area contributed by atoms with Crippen molar-refractivity contribution in [1.82, 2.24) is 10.2 Å². The summed E-state index contributed by atoms with van der Waals surface area (Å²) in [5.74, 6) is -1.09. The quantitative estimate of drug-likeness (QED) is 0.643. The fraction of sp³-hybridized carbons (Fsp3) is 0.778. The molecule has 14 heavy (non-hydrogen) atoms. The van der Waals surface area contributed by atoms with Gasteiger partial charge in [-0.1, -0.05) is 0 Å². The van der Waals surface area contributed by atoms with Crippen molar-refractivity contribution in [1.29, 1.82) is 0 Å².